The molecule has 0 aromatic carbocycles. The molecule has 2 aromatic rings. The lowest BCUT2D eigenvalue weighted by atomic mass is 10.2. The Morgan fingerprint density at radius 1 is 1.57 bits per heavy atom. The number of hydrogen-bond donors (Lipinski definition) is 2. The van der Waals surface area contributed by atoms with Crippen LogP contribution in [0.2, 0.25) is 0 Å². The monoisotopic (exact) mass is 192 g/mol. The van der Waals surface area contributed by atoms with E-state index >= 15 is 0 Å². The third-order valence-corrected chi connectivity index (χ3v) is 1.68. The molecule has 0 bridgehead atoms. The van der Waals surface area contributed by atoms with Gasteiger partial charge in [-0.25, -0.2) is 0 Å². The Kier molecular flexibility index (Phi) is 2.11. The van der Waals surface area contributed by atoms with Gasteiger partial charge in [0.15, 0.2) is 0 Å². The number of aromatic amines is 1. The maximum absolute atomic E-state index is 11.0. The van der Waals surface area contributed by atoms with Crippen LogP contribution < -0.4 is 11.3 Å². The van der Waals surface area contributed by atoms with Gasteiger partial charge in [-0.15, -0.1) is 0 Å². The molecule has 2 rings (SSSR count). The lowest BCUT2D eigenvalue weighted by Gasteiger charge is -1.89. The summed E-state index contributed by atoms with van der Waals surface area (Å²) in [6, 6.07) is 3.08. The van der Waals surface area contributed by atoms with Crippen LogP contribution in [0, 0.1) is 0 Å². The fourth-order valence-electron chi connectivity index (χ4n) is 1.04. The Labute approximate surface area is 78.8 Å². The molecule has 14 heavy (non-hydrogen) atoms. The van der Waals surface area contributed by atoms with E-state index in [1.54, 1.807) is 6.07 Å². The molecule has 0 saturated carbocycles. The lowest BCUT2D eigenvalue weighted by molar-refractivity contribution is 0.380. The third-order valence-electron chi connectivity index (χ3n) is 1.68. The maximum atomic E-state index is 11.0. The molecular weight excluding hydrogens is 184 g/mol. The standard InChI is InChI=1S/C8H8N4O2/c9-4-7-11-8(12-14-7)5-1-2-10-6(13)3-5/h1-3H,4,9H2,(H,10,13). The van der Waals surface area contributed by atoms with Gasteiger partial charge in [0.2, 0.25) is 17.3 Å². The number of pyridine rings is 1. The van der Waals surface area contributed by atoms with Crippen molar-refractivity contribution in [2.75, 3.05) is 0 Å². The summed E-state index contributed by atoms with van der Waals surface area (Å²) in [5, 5.41) is 3.68. The highest BCUT2D eigenvalue weighted by molar-refractivity contribution is 5.52. The Balaban J connectivity index is 2.44. The van der Waals surface area contributed by atoms with E-state index < -0.39 is 0 Å². The maximum Gasteiger partial charge on any atom is 0.248 e. The quantitative estimate of drug-likeness (QED) is 0.691. The van der Waals surface area contributed by atoms with Crippen molar-refractivity contribution in [3.05, 3.63) is 34.6 Å². The van der Waals surface area contributed by atoms with Crippen LogP contribution in [0.4, 0.5) is 0 Å². The van der Waals surface area contributed by atoms with Crippen molar-refractivity contribution in [2.45, 2.75) is 6.54 Å². The third kappa shape index (κ3) is 1.55. The molecule has 0 aliphatic carbocycles. The molecule has 0 aliphatic rings. The van der Waals surface area contributed by atoms with E-state index in [1.807, 2.05) is 0 Å². The molecule has 0 spiro atoms. The molecule has 6 heteroatoms. The predicted octanol–water partition coefficient (Wildman–Crippen LogP) is -0.116. The van der Waals surface area contributed by atoms with Crippen molar-refractivity contribution in [3.8, 4) is 11.4 Å². The van der Waals surface area contributed by atoms with Crippen LogP contribution in [0.3, 0.4) is 0 Å². The minimum Gasteiger partial charge on any atom is -0.338 e. The second kappa shape index (κ2) is 3.43. The second-order valence-electron chi connectivity index (χ2n) is 2.66. The Morgan fingerprint density at radius 3 is 3.07 bits per heavy atom. The first kappa shape index (κ1) is 8.64. The van der Waals surface area contributed by atoms with Crippen LogP contribution in [-0.2, 0) is 6.54 Å². The van der Waals surface area contributed by atoms with Crippen LogP contribution in [0.25, 0.3) is 11.4 Å². The predicted molar refractivity (Wildman–Crippen MR) is 48.2 cm³/mol. The molecule has 0 saturated heterocycles. The molecule has 0 unspecified atom stereocenters. The summed E-state index contributed by atoms with van der Waals surface area (Å²) in [7, 11) is 0. The van der Waals surface area contributed by atoms with E-state index in [9.17, 15) is 4.79 Å². The fraction of sp³-hybridized carbons (Fsp3) is 0.125. The van der Waals surface area contributed by atoms with Gasteiger partial charge in [-0.3, -0.25) is 4.79 Å². The van der Waals surface area contributed by atoms with Crippen LogP contribution in [0.5, 0.6) is 0 Å². The Hall–Kier alpha value is -1.95. The molecule has 0 radical (unpaired) electrons. The summed E-state index contributed by atoms with van der Waals surface area (Å²) in [5.41, 5.74) is 5.71. The van der Waals surface area contributed by atoms with Gasteiger partial charge in [-0.05, 0) is 6.07 Å². The van der Waals surface area contributed by atoms with Crippen LogP contribution >= 0.6 is 0 Å². The van der Waals surface area contributed by atoms with Crippen LogP contribution in [0.15, 0.2) is 27.6 Å². The molecule has 6 nitrogen and oxygen atoms in total. The first-order chi connectivity index (χ1) is 6.79. The Bertz CT molecular complexity index is 488. The van der Waals surface area contributed by atoms with E-state index in [0.29, 0.717) is 17.3 Å². The number of nitrogens with one attached hydrogen (secondary N) is 1. The zero-order chi connectivity index (χ0) is 9.97. The first-order valence-corrected chi connectivity index (χ1v) is 4.01. The molecule has 2 heterocycles. The molecule has 0 atom stereocenters. The van der Waals surface area contributed by atoms with E-state index in [2.05, 4.69) is 15.1 Å². The van der Waals surface area contributed by atoms with Crippen molar-refractivity contribution in [3.63, 3.8) is 0 Å². The van der Waals surface area contributed by atoms with E-state index in [-0.39, 0.29) is 12.1 Å². The van der Waals surface area contributed by atoms with Crippen LogP contribution in [0.1, 0.15) is 5.89 Å². The summed E-state index contributed by atoms with van der Waals surface area (Å²) in [4.78, 5) is 17.5. The van der Waals surface area contributed by atoms with Crippen molar-refractivity contribution in [1.82, 2.24) is 15.1 Å². The van der Waals surface area contributed by atoms with Gasteiger partial charge in [0.25, 0.3) is 0 Å². The second-order valence-corrected chi connectivity index (χ2v) is 2.66. The highest BCUT2D eigenvalue weighted by Crippen LogP contribution is 2.11. The van der Waals surface area contributed by atoms with E-state index in [0.717, 1.165) is 0 Å². The lowest BCUT2D eigenvalue weighted by Crippen LogP contribution is -2.02. The minimum absolute atomic E-state index is 0.191. The molecule has 0 fully saturated rings. The zero-order valence-corrected chi connectivity index (χ0v) is 7.23. The summed E-state index contributed by atoms with van der Waals surface area (Å²) in [5.74, 6) is 0.719. The highest BCUT2D eigenvalue weighted by atomic mass is 16.5. The average molecular weight is 192 g/mol. The van der Waals surface area contributed by atoms with Gasteiger partial charge in [0.05, 0.1) is 6.54 Å². The van der Waals surface area contributed by atoms with Crippen molar-refractivity contribution >= 4 is 0 Å². The van der Waals surface area contributed by atoms with Crippen molar-refractivity contribution in [1.29, 1.82) is 0 Å². The highest BCUT2D eigenvalue weighted by Gasteiger charge is 2.06. The topological polar surface area (TPSA) is 97.8 Å². The van der Waals surface area contributed by atoms with E-state index in [4.69, 9.17) is 10.3 Å². The van der Waals surface area contributed by atoms with Crippen molar-refractivity contribution in [2.24, 2.45) is 5.73 Å². The Morgan fingerprint density at radius 2 is 2.43 bits per heavy atom. The van der Waals surface area contributed by atoms with Gasteiger partial charge >= 0.3 is 0 Å². The van der Waals surface area contributed by atoms with Gasteiger partial charge < -0.3 is 15.2 Å². The summed E-state index contributed by atoms with van der Waals surface area (Å²) < 4.78 is 4.81. The van der Waals surface area contributed by atoms with Crippen LogP contribution in [-0.4, -0.2) is 15.1 Å². The number of hydrogen-bond acceptors (Lipinski definition) is 5. The van der Waals surface area contributed by atoms with Gasteiger partial charge in [-0.1, -0.05) is 5.16 Å². The fourth-order valence-corrected chi connectivity index (χ4v) is 1.04. The number of aromatic nitrogens is 3. The first-order valence-electron chi connectivity index (χ1n) is 4.01. The normalized spacial score (nSPS) is 10.4. The molecule has 72 valence electrons. The number of nitrogens with zero attached hydrogens (tertiary/aromatic N) is 2. The molecule has 0 aliphatic heterocycles. The smallest absolute Gasteiger partial charge is 0.248 e. The van der Waals surface area contributed by atoms with Gasteiger partial charge in [0, 0.05) is 17.8 Å². The average Bonchev–Trinajstić information content (AvgIpc) is 2.66. The molecule has 2 aromatic heterocycles. The van der Waals surface area contributed by atoms with Crippen molar-refractivity contribution < 1.29 is 4.52 Å². The molecular formula is C8H8N4O2. The molecule has 0 amide bonds. The summed E-state index contributed by atoms with van der Waals surface area (Å²) in [6.07, 6.45) is 1.52. The van der Waals surface area contributed by atoms with Gasteiger partial charge in [0.1, 0.15) is 0 Å². The number of nitrogens with two attached hydrogens (primary N) is 1. The minimum atomic E-state index is -0.207. The summed E-state index contributed by atoms with van der Waals surface area (Å²) >= 11 is 0. The molecule has 3 N–H and O–H groups in total. The van der Waals surface area contributed by atoms with Gasteiger partial charge in [-0.2, -0.15) is 4.98 Å². The summed E-state index contributed by atoms with van der Waals surface area (Å²) in [6.45, 7) is 0.191. The SMILES string of the molecule is NCc1nc(-c2cc[nH]c(=O)c2)no1. The zero-order valence-electron chi connectivity index (χ0n) is 7.23. The number of H-pyrrole nitrogens is 1. The van der Waals surface area contributed by atoms with E-state index in [1.165, 1.54) is 12.3 Å². The number of rotatable bonds is 2. The largest absolute Gasteiger partial charge is 0.338 e.